The van der Waals surface area contributed by atoms with Gasteiger partial charge < -0.3 is 20.3 Å². The van der Waals surface area contributed by atoms with Crippen LogP contribution < -0.4 is 10.6 Å². The van der Waals surface area contributed by atoms with Gasteiger partial charge in [-0.15, -0.1) is 0 Å². The number of morpholine rings is 1. The molecular weight excluding hydrogens is 234 g/mol. The summed E-state index contributed by atoms with van der Waals surface area (Å²) in [5.41, 5.74) is 0. The Kier molecular flexibility index (Phi) is 4.54. The predicted octanol–water partition coefficient (Wildman–Crippen LogP) is -0.898. The van der Waals surface area contributed by atoms with Gasteiger partial charge in [0, 0.05) is 26.7 Å². The molecule has 2 aliphatic heterocycles. The van der Waals surface area contributed by atoms with E-state index in [1.54, 1.807) is 11.9 Å². The van der Waals surface area contributed by atoms with Crippen molar-refractivity contribution in [3.63, 3.8) is 0 Å². The van der Waals surface area contributed by atoms with Crippen molar-refractivity contribution in [3.8, 4) is 0 Å². The topological polar surface area (TPSA) is 70.7 Å². The van der Waals surface area contributed by atoms with E-state index in [-0.39, 0.29) is 24.0 Å². The number of nitrogens with zero attached hydrogens (tertiary/aromatic N) is 1. The van der Waals surface area contributed by atoms with Crippen LogP contribution in [0.2, 0.25) is 0 Å². The highest BCUT2D eigenvalue weighted by Gasteiger charge is 2.34. The minimum atomic E-state index is -0.293. The molecule has 6 heteroatoms. The van der Waals surface area contributed by atoms with Gasteiger partial charge in [-0.3, -0.25) is 9.59 Å². The monoisotopic (exact) mass is 255 g/mol. The summed E-state index contributed by atoms with van der Waals surface area (Å²) in [6.45, 7) is 2.88. The SMILES string of the molecule is CNC(=O)C1CCCN1C(=O)CC1CNCCO1. The van der Waals surface area contributed by atoms with Crippen molar-refractivity contribution >= 4 is 11.8 Å². The second-order valence-electron chi connectivity index (χ2n) is 4.76. The fourth-order valence-electron chi connectivity index (χ4n) is 2.57. The molecule has 2 N–H and O–H groups in total. The molecule has 2 rings (SSSR count). The molecule has 0 aromatic heterocycles. The van der Waals surface area contributed by atoms with Crippen LogP contribution in [0.4, 0.5) is 0 Å². The Hall–Kier alpha value is -1.14. The molecule has 0 spiro atoms. The van der Waals surface area contributed by atoms with Crippen LogP contribution in [0.3, 0.4) is 0 Å². The van der Waals surface area contributed by atoms with Gasteiger partial charge in [-0.2, -0.15) is 0 Å². The van der Waals surface area contributed by atoms with Gasteiger partial charge in [0.2, 0.25) is 11.8 Å². The first-order chi connectivity index (χ1) is 8.72. The van der Waals surface area contributed by atoms with Crippen molar-refractivity contribution in [2.45, 2.75) is 31.4 Å². The summed E-state index contributed by atoms with van der Waals surface area (Å²) in [5, 5.41) is 5.82. The van der Waals surface area contributed by atoms with Gasteiger partial charge in [-0.05, 0) is 12.8 Å². The molecule has 2 atom stereocenters. The lowest BCUT2D eigenvalue weighted by Crippen LogP contribution is -2.47. The Morgan fingerprint density at radius 2 is 2.33 bits per heavy atom. The van der Waals surface area contributed by atoms with Crippen molar-refractivity contribution in [2.75, 3.05) is 33.3 Å². The summed E-state index contributed by atoms with van der Waals surface area (Å²) in [6.07, 6.45) is 1.96. The van der Waals surface area contributed by atoms with Gasteiger partial charge in [0.05, 0.1) is 19.1 Å². The maximum atomic E-state index is 12.2. The Bertz CT molecular complexity index is 316. The van der Waals surface area contributed by atoms with E-state index in [1.807, 2.05) is 0 Å². The highest BCUT2D eigenvalue weighted by Crippen LogP contribution is 2.19. The number of amides is 2. The zero-order chi connectivity index (χ0) is 13.0. The molecule has 0 radical (unpaired) electrons. The lowest BCUT2D eigenvalue weighted by molar-refractivity contribution is -0.140. The van der Waals surface area contributed by atoms with Crippen LogP contribution in [0.1, 0.15) is 19.3 Å². The maximum absolute atomic E-state index is 12.2. The molecular formula is C12H21N3O3. The third kappa shape index (κ3) is 3.00. The third-order valence-corrected chi connectivity index (χ3v) is 3.53. The second-order valence-corrected chi connectivity index (χ2v) is 4.76. The average Bonchev–Trinajstić information content (AvgIpc) is 2.88. The highest BCUT2D eigenvalue weighted by molar-refractivity contribution is 5.88. The molecule has 0 saturated carbocycles. The average molecular weight is 255 g/mol. The van der Waals surface area contributed by atoms with Crippen molar-refractivity contribution in [1.82, 2.24) is 15.5 Å². The van der Waals surface area contributed by atoms with Gasteiger partial charge in [0.1, 0.15) is 6.04 Å². The molecule has 0 aromatic carbocycles. The van der Waals surface area contributed by atoms with Crippen molar-refractivity contribution in [1.29, 1.82) is 0 Å². The summed E-state index contributed by atoms with van der Waals surface area (Å²) in [4.78, 5) is 25.5. The fourth-order valence-corrected chi connectivity index (χ4v) is 2.57. The lowest BCUT2D eigenvalue weighted by Gasteiger charge is -2.28. The van der Waals surface area contributed by atoms with Gasteiger partial charge in [-0.25, -0.2) is 0 Å². The molecule has 2 amide bonds. The van der Waals surface area contributed by atoms with Crippen molar-refractivity contribution in [3.05, 3.63) is 0 Å². The molecule has 102 valence electrons. The van der Waals surface area contributed by atoms with Gasteiger partial charge >= 0.3 is 0 Å². The fraction of sp³-hybridized carbons (Fsp3) is 0.833. The molecule has 6 nitrogen and oxygen atoms in total. The van der Waals surface area contributed by atoms with Crippen LogP contribution >= 0.6 is 0 Å². The van der Waals surface area contributed by atoms with Crippen LogP contribution in [0.25, 0.3) is 0 Å². The minimum Gasteiger partial charge on any atom is -0.375 e. The summed E-state index contributed by atoms with van der Waals surface area (Å²) < 4.78 is 5.52. The first kappa shape index (κ1) is 13.3. The van der Waals surface area contributed by atoms with E-state index in [2.05, 4.69) is 10.6 Å². The van der Waals surface area contributed by atoms with Crippen LogP contribution in [0.15, 0.2) is 0 Å². The normalized spacial score (nSPS) is 28.2. The van der Waals surface area contributed by atoms with E-state index in [1.165, 1.54) is 0 Å². The molecule has 0 aliphatic carbocycles. The zero-order valence-corrected chi connectivity index (χ0v) is 10.8. The Morgan fingerprint density at radius 3 is 3.00 bits per heavy atom. The van der Waals surface area contributed by atoms with Crippen LogP contribution in [0.5, 0.6) is 0 Å². The quantitative estimate of drug-likeness (QED) is 0.686. The number of likely N-dealkylation sites (tertiary alicyclic amines) is 1. The Labute approximate surface area is 107 Å². The summed E-state index contributed by atoms with van der Waals surface area (Å²) in [6, 6.07) is -0.293. The zero-order valence-electron chi connectivity index (χ0n) is 10.8. The number of hydrogen-bond donors (Lipinski definition) is 2. The van der Waals surface area contributed by atoms with E-state index in [0.717, 1.165) is 19.4 Å². The predicted molar refractivity (Wildman–Crippen MR) is 66.0 cm³/mol. The van der Waals surface area contributed by atoms with E-state index in [4.69, 9.17) is 4.74 Å². The van der Waals surface area contributed by atoms with Crippen molar-refractivity contribution in [2.24, 2.45) is 0 Å². The number of carbonyl (C=O) groups is 2. The largest absolute Gasteiger partial charge is 0.375 e. The summed E-state index contributed by atoms with van der Waals surface area (Å²) in [5.74, 6) is -0.0432. The first-order valence-corrected chi connectivity index (χ1v) is 6.55. The molecule has 2 saturated heterocycles. The number of carbonyl (C=O) groups excluding carboxylic acids is 2. The maximum Gasteiger partial charge on any atom is 0.242 e. The number of hydrogen-bond acceptors (Lipinski definition) is 4. The van der Waals surface area contributed by atoms with Gasteiger partial charge in [-0.1, -0.05) is 0 Å². The smallest absolute Gasteiger partial charge is 0.242 e. The highest BCUT2D eigenvalue weighted by atomic mass is 16.5. The van der Waals surface area contributed by atoms with E-state index in [0.29, 0.717) is 26.1 Å². The van der Waals surface area contributed by atoms with Crippen molar-refractivity contribution < 1.29 is 14.3 Å². The molecule has 2 unspecified atom stereocenters. The minimum absolute atomic E-state index is 0.0230. The second kappa shape index (κ2) is 6.15. The molecule has 18 heavy (non-hydrogen) atoms. The number of rotatable bonds is 3. The molecule has 2 aliphatic rings. The Balaban J connectivity index is 1.89. The molecule has 2 heterocycles. The van der Waals surface area contributed by atoms with Gasteiger partial charge in [0.15, 0.2) is 0 Å². The van der Waals surface area contributed by atoms with E-state index >= 15 is 0 Å². The standard InChI is InChI=1S/C12H21N3O3/c1-13-12(17)10-3-2-5-15(10)11(16)7-9-8-14-4-6-18-9/h9-10,14H,2-8H2,1H3,(H,13,17). The van der Waals surface area contributed by atoms with Crippen LogP contribution in [-0.2, 0) is 14.3 Å². The summed E-state index contributed by atoms with van der Waals surface area (Å²) in [7, 11) is 1.61. The molecule has 0 bridgehead atoms. The molecule has 0 aromatic rings. The lowest BCUT2D eigenvalue weighted by atomic mass is 10.1. The van der Waals surface area contributed by atoms with Crippen LogP contribution in [-0.4, -0.2) is 62.1 Å². The summed E-state index contributed by atoms with van der Waals surface area (Å²) >= 11 is 0. The van der Waals surface area contributed by atoms with Crippen LogP contribution in [0, 0.1) is 0 Å². The number of ether oxygens (including phenoxy) is 1. The third-order valence-electron chi connectivity index (χ3n) is 3.53. The van der Waals surface area contributed by atoms with E-state index < -0.39 is 0 Å². The van der Waals surface area contributed by atoms with Gasteiger partial charge in [0.25, 0.3) is 0 Å². The number of nitrogens with one attached hydrogen (secondary N) is 2. The first-order valence-electron chi connectivity index (χ1n) is 6.55. The number of likely N-dealkylation sites (N-methyl/N-ethyl adjacent to an activating group) is 1. The Morgan fingerprint density at radius 1 is 1.50 bits per heavy atom. The van der Waals surface area contributed by atoms with E-state index in [9.17, 15) is 9.59 Å². The molecule has 2 fully saturated rings.